The van der Waals surface area contributed by atoms with E-state index in [1.165, 1.54) is 0 Å². The number of amides is 1. The highest BCUT2D eigenvalue weighted by atomic mass is 35.5. The van der Waals surface area contributed by atoms with Crippen LogP contribution < -0.4 is 5.32 Å². The number of fused-ring (bicyclic) bond motifs is 1. The van der Waals surface area contributed by atoms with E-state index in [1.807, 2.05) is 20.0 Å². The monoisotopic (exact) mass is 334 g/mol. The lowest BCUT2D eigenvalue weighted by Gasteiger charge is -2.11. The van der Waals surface area contributed by atoms with Crippen LogP contribution in [0.25, 0.3) is 11.0 Å². The molecule has 7 heteroatoms. The van der Waals surface area contributed by atoms with Crippen molar-refractivity contribution in [1.29, 1.82) is 0 Å². The Labute approximate surface area is 136 Å². The molecule has 0 radical (unpaired) electrons. The summed E-state index contributed by atoms with van der Waals surface area (Å²) < 4.78 is 0. The van der Waals surface area contributed by atoms with Crippen molar-refractivity contribution in [2.24, 2.45) is 0 Å². The number of aromatic nitrogens is 3. The molecule has 0 aliphatic rings. The summed E-state index contributed by atoms with van der Waals surface area (Å²) in [5, 5.41) is 5.38. The third-order valence-electron chi connectivity index (χ3n) is 3.24. The summed E-state index contributed by atoms with van der Waals surface area (Å²) >= 11 is 7.55. The Morgan fingerprint density at radius 1 is 1.41 bits per heavy atom. The molecular formula is C15H15ClN4OS. The standard InChI is InChI=1S/C15H15ClN4OS/c1-8(3-12-7-17-9(2)22-12)19-15(21)13-5-10-4-11(16)6-18-14(10)20-13/h4-8H,3H2,1-2H3,(H,18,20)(H,19,21). The van der Waals surface area contributed by atoms with Crippen molar-refractivity contribution in [3.05, 3.63) is 45.1 Å². The van der Waals surface area contributed by atoms with Gasteiger partial charge in [0, 0.05) is 35.1 Å². The molecule has 0 fully saturated rings. The van der Waals surface area contributed by atoms with E-state index in [1.54, 1.807) is 29.7 Å². The van der Waals surface area contributed by atoms with Crippen molar-refractivity contribution in [3.63, 3.8) is 0 Å². The summed E-state index contributed by atoms with van der Waals surface area (Å²) in [6, 6.07) is 3.56. The van der Waals surface area contributed by atoms with Crippen LogP contribution in [0.3, 0.4) is 0 Å². The van der Waals surface area contributed by atoms with Crippen LogP contribution in [0.5, 0.6) is 0 Å². The average molecular weight is 335 g/mol. The molecule has 0 saturated heterocycles. The smallest absolute Gasteiger partial charge is 0.267 e. The van der Waals surface area contributed by atoms with E-state index < -0.39 is 0 Å². The second-order valence-electron chi connectivity index (χ2n) is 5.20. The van der Waals surface area contributed by atoms with Gasteiger partial charge in [-0.25, -0.2) is 9.97 Å². The number of rotatable bonds is 4. The summed E-state index contributed by atoms with van der Waals surface area (Å²) in [6.07, 6.45) is 4.18. The van der Waals surface area contributed by atoms with Crippen LogP contribution in [0.1, 0.15) is 27.3 Å². The second kappa shape index (κ2) is 6.06. The summed E-state index contributed by atoms with van der Waals surface area (Å²) in [5.41, 5.74) is 1.14. The minimum atomic E-state index is -0.150. The molecule has 114 valence electrons. The van der Waals surface area contributed by atoms with E-state index in [0.717, 1.165) is 21.7 Å². The van der Waals surface area contributed by atoms with E-state index in [2.05, 4.69) is 20.3 Å². The third kappa shape index (κ3) is 3.28. The number of nitrogens with one attached hydrogen (secondary N) is 2. The van der Waals surface area contributed by atoms with Crippen molar-refractivity contribution >= 4 is 39.9 Å². The van der Waals surface area contributed by atoms with E-state index in [-0.39, 0.29) is 11.9 Å². The topological polar surface area (TPSA) is 70.7 Å². The Hall–Kier alpha value is -1.92. The summed E-state index contributed by atoms with van der Waals surface area (Å²) in [5.74, 6) is -0.150. The van der Waals surface area contributed by atoms with Crippen molar-refractivity contribution in [2.75, 3.05) is 0 Å². The largest absolute Gasteiger partial charge is 0.348 e. The fraction of sp³-hybridized carbons (Fsp3) is 0.267. The Morgan fingerprint density at radius 3 is 2.95 bits per heavy atom. The normalized spacial score (nSPS) is 12.5. The fourth-order valence-electron chi connectivity index (χ4n) is 2.26. The lowest BCUT2D eigenvalue weighted by atomic mass is 10.2. The van der Waals surface area contributed by atoms with Gasteiger partial charge >= 0.3 is 0 Å². The molecule has 5 nitrogen and oxygen atoms in total. The molecule has 3 aromatic heterocycles. The lowest BCUT2D eigenvalue weighted by Crippen LogP contribution is -2.34. The molecule has 2 N–H and O–H groups in total. The zero-order valence-corrected chi connectivity index (χ0v) is 13.8. The van der Waals surface area contributed by atoms with Gasteiger partial charge in [-0.2, -0.15) is 0 Å². The van der Waals surface area contributed by atoms with Gasteiger partial charge in [0.25, 0.3) is 5.91 Å². The molecule has 1 atom stereocenters. The van der Waals surface area contributed by atoms with Gasteiger partial charge in [-0.05, 0) is 26.0 Å². The molecule has 22 heavy (non-hydrogen) atoms. The number of hydrogen-bond acceptors (Lipinski definition) is 4. The van der Waals surface area contributed by atoms with Crippen molar-refractivity contribution in [2.45, 2.75) is 26.3 Å². The maximum atomic E-state index is 12.3. The highest BCUT2D eigenvalue weighted by molar-refractivity contribution is 7.11. The number of thiazole rings is 1. The summed E-state index contributed by atoms with van der Waals surface area (Å²) in [6.45, 7) is 3.95. The summed E-state index contributed by atoms with van der Waals surface area (Å²) in [4.78, 5) is 24.8. The first-order valence-corrected chi connectivity index (χ1v) is 8.07. The molecule has 0 saturated carbocycles. The van der Waals surface area contributed by atoms with Crippen LogP contribution in [-0.2, 0) is 6.42 Å². The average Bonchev–Trinajstić information content (AvgIpc) is 3.04. The molecule has 0 aromatic carbocycles. The van der Waals surface area contributed by atoms with Crippen molar-refractivity contribution in [1.82, 2.24) is 20.3 Å². The number of halogens is 1. The van der Waals surface area contributed by atoms with Crippen LogP contribution in [0, 0.1) is 6.92 Å². The molecule has 0 aliphatic heterocycles. The quantitative estimate of drug-likeness (QED) is 0.768. The van der Waals surface area contributed by atoms with Crippen LogP contribution in [0.4, 0.5) is 0 Å². The molecule has 1 amide bonds. The maximum absolute atomic E-state index is 12.3. The van der Waals surface area contributed by atoms with Gasteiger partial charge in [-0.1, -0.05) is 11.6 Å². The van der Waals surface area contributed by atoms with Gasteiger partial charge in [0.05, 0.1) is 10.0 Å². The van der Waals surface area contributed by atoms with E-state index in [4.69, 9.17) is 11.6 Å². The molecule has 1 unspecified atom stereocenters. The van der Waals surface area contributed by atoms with Gasteiger partial charge in [0.1, 0.15) is 11.3 Å². The molecule has 0 aliphatic carbocycles. The van der Waals surface area contributed by atoms with Crippen LogP contribution in [-0.4, -0.2) is 26.9 Å². The number of carbonyl (C=O) groups excluding carboxylic acids is 1. The molecule has 3 rings (SSSR count). The van der Waals surface area contributed by atoms with Gasteiger partial charge in [0.15, 0.2) is 0 Å². The zero-order chi connectivity index (χ0) is 15.7. The van der Waals surface area contributed by atoms with E-state index in [9.17, 15) is 4.79 Å². The molecule has 0 bridgehead atoms. The second-order valence-corrected chi connectivity index (χ2v) is 6.95. The molecule has 3 heterocycles. The first kappa shape index (κ1) is 15.0. The molecule has 3 aromatic rings. The predicted octanol–water partition coefficient (Wildman–Crippen LogP) is 3.34. The number of nitrogens with zero attached hydrogens (tertiary/aromatic N) is 2. The van der Waals surface area contributed by atoms with Gasteiger partial charge in [-0.15, -0.1) is 11.3 Å². The Bertz CT molecular complexity index is 826. The molecular weight excluding hydrogens is 320 g/mol. The van der Waals surface area contributed by atoms with E-state index in [0.29, 0.717) is 16.4 Å². The van der Waals surface area contributed by atoms with Crippen LogP contribution in [0.15, 0.2) is 24.5 Å². The first-order chi connectivity index (χ1) is 10.5. The number of aryl methyl sites for hydroxylation is 1. The minimum Gasteiger partial charge on any atom is -0.348 e. The van der Waals surface area contributed by atoms with Crippen LogP contribution in [0.2, 0.25) is 5.02 Å². The Kier molecular flexibility index (Phi) is 4.13. The molecule has 0 spiro atoms. The lowest BCUT2D eigenvalue weighted by molar-refractivity contribution is 0.0936. The fourth-order valence-corrected chi connectivity index (χ4v) is 3.35. The maximum Gasteiger partial charge on any atom is 0.267 e. The number of H-pyrrole nitrogens is 1. The Morgan fingerprint density at radius 2 is 2.23 bits per heavy atom. The number of pyridine rings is 1. The Balaban J connectivity index is 1.69. The van der Waals surface area contributed by atoms with Crippen molar-refractivity contribution < 1.29 is 4.79 Å². The highest BCUT2D eigenvalue weighted by Crippen LogP contribution is 2.18. The predicted molar refractivity (Wildman–Crippen MR) is 88.6 cm³/mol. The number of aromatic amines is 1. The SMILES string of the molecule is Cc1ncc(CC(C)NC(=O)c2cc3cc(Cl)cnc3[nH]2)s1. The van der Waals surface area contributed by atoms with Gasteiger partial charge < -0.3 is 10.3 Å². The number of hydrogen-bond donors (Lipinski definition) is 2. The van der Waals surface area contributed by atoms with Gasteiger partial charge in [0.2, 0.25) is 0 Å². The highest BCUT2D eigenvalue weighted by Gasteiger charge is 2.14. The van der Waals surface area contributed by atoms with Crippen LogP contribution >= 0.6 is 22.9 Å². The zero-order valence-electron chi connectivity index (χ0n) is 12.2. The van der Waals surface area contributed by atoms with Crippen molar-refractivity contribution in [3.8, 4) is 0 Å². The number of carbonyl (C=O) groups is 1. The minimum absolute atomic E-state index is 0.0234. The summed E-state index contributed by atoms with van der Waals surface area (Å²) in [7, 11) is 0. The van der Waals surface area contributed by atoms with E-state index >= 15 is 0 Å². The third-order valence-corrected chi connectivity index (χ3v) is 4.38. The van der Waals surface area contributed by atoms with Gasteiger partial charge in [-0.3, -0.25) is 4.79 Å². The first-order valence-electron chi connectivity index (χ1n) is 6.87.